The number of aliphatic imine (C=N–C) groups is 1. The molecular weight excluding hydrogens is 336 g/mol. The summed E-state index contributed by atoms with van der Waals surface area (Å²) in [5, 5.41) is 4.10. The van der Waals surface area contributed by atoms with Gasteiger partial charge in [-0.3, -0.25) is 9.79 Å². The van der Waals surface area contributed by atoms with Crippen LogP contribution in [0.25, 0.3) is 0 Å². The van der Waals surface area contributed by atoms with Crippen LogP contribution < -0.4 is 10.9 Å². The van der Waals surface area contributed by atoms with Gasteiger partial charge in [0.2, 0.25) is 5.56 Å². The highest BCUT2D eigenvalue weighted by atomic mass is 35.5. The van der Waals surface area contributed by atoms with Crippen molar-refractivity contribution in [3.05, 3.63) is 69.6 Å². The Morgan fingerprint density at radius 2 is 2.08 bits per heavy atom. The van der Waals surface area contributed by atoms with E-state index in [-0.39, 0.29) is 5.56 Å². The largest absolute Gasteiger partial charge is 0.356 e. The Kier molecular flexibility index (Phi) is 7.54. The molecule has 25 heavy (non-hydrogen) atoms. The van der Waals surface area contributed by atoms with E-state index in [0.29, 0.717) is 0 Å². The van der Waals surface area contributed by atoms with Crippen molar-refractivity contribution in [1.29, 1.82) is 0 Å². The van der Waals surface area contributed by atoms with Crippen LogP contribution in [0.15, 0.2) is 58.4 Å². The molecule has 2 rings (SSSR count). The third-order valence-electron chi connectivity index (χ3n) is 3.89. The molecular formula is C19H25ClN4O. The summed E-state index contributed by atoms with van der Waals surface area (Å²) in [5.41, 5.74) is 1.19. The molecule has 1 aromatic heterocycles. The number of hydrogen-bond acceptors (Lipinski definition) is 2. The van der Waals surface area contributed by atoms with E-state index < -0.39 is 0 Å². The molecule has 0 saturated carbocycles. The summed E-state index contributed by atoms with van der Waals surface area (Å²) >= 11 is 6.03. The van der Waals surface area contributed by atoms with Gasteiger partial charge in [0.15, 0.2) is 5.96 Å². The highest BCUT2D eigenvalue weighted by Gasteiger charge is 2.06. The number of aromatic nitrogens is 1. The van der Waals surface area contributed by atoms with Crippen LogP contribution in [-0.4, -0.2) is 36.1 Å². The van der Waals surface area contributed by atoms with Crippen molar-refractivity contribution in [2.45, 2.75) is 25.9 Å². The molecule has 1 aromatic carbocycles. The van der Waals surface area contributed by atoms with Gasteiger partial charge in [0.25, 0.3) is 0 Å². The van der Waals surface area contributed by atoms with Crippen molar-refractivity contribution in [2.75, 3.05) is 20.6 Å². The molecule has 134 valence electrons. The van der Waals surface area contributed by atoms with Crippen LogP contribution in [0, 0.1) is 0 Å². The topological polar surface area (TPSA) is 49.6 Å². The fourth-order valence-electron chi connectivity index (χ4n) is 2.62. The molecule has 0 fully saturated rings. The SMILES string of the molecule is CN=C(NCCCCn1ccccc1=O)N(C)Cc1cccc(Cl)c1. The van der Waals surface area contributed by atoms with Crippen molar-refractivity contribution in [3.63, 3.8) is 0 Å². The maximum Gasteiger partial charge on any atom is 0.250 e. The van der Waals surface area contributed by atoms with Gasteiger partial charge in [-0.2, -0.15) is 0 Å². The molecule has 1 N–H and O–H groups in total. The first kappa shape index (κ1) is 19.1. The summed E-state index contributed by atoms with van der Waals surface area (Å²) in [6.45, 7) is 2.28. The maximum atomic E-state index is 11.6. The standard InChI is InChI=1S/C19H25ClN4O/c1-21-19(23(2)15-16-8-7-9-17(20)14-16)22-11-4-6-13-24-12-5-3-10-18(24)25/h3,5,7-10,12,14H,4,6,11,13,15H2,1-2H3,(H,21,22). The van der Waals surface area contributed by atoms with E-state index in [1.807, 2.05) is 43.6 Å². The summed E-state index contributed by atoms with van der Waals surface area (Å²) < 4.78 is 1.74. The molecule has 0 saturated heterocycles. The second-order valence-electron chi connectivity index (χ2n) is 5.90. The van der Waals surface area contributed by atoms with E-state index in [2.05, 4.69) is 15.2 Å². The molecule has 5 nitrogen and oxygen atoms in total. The third kappa shape index (κ3) is 6.27. The zero-order chi connectivity index (χ0) is 18.1. The molecule has 0 bridgehead atoms. The second kappa shape index (κ2) is 9.89. The predicted octanol–water partition coefficient (Wildman–Crippen LogP) is 2.99. The minimum Gasteiger partial charge on any atom is -0.356 e. The highest BCUT2D eigenvalue weighted by molar-refractivity contribution is 6.30. The number of hydrogen-bond donors (Lipinski definition) is 1. The Hall–Kier alpha value is -2.27. The monoisotopic (exact) mass is 360 g/mol. The number of nitrogens with one attached hydrogen (secondary N) is 1. The lowest BCUT2D eigenvalue weighted by Gasteiger charge is -2.22. The maximum absolute atomic E-state index is 11.6. The molecule has 0 amide bonds. The summed E-state index contributed by atoms with van der Waals surface area (Å²) in [4.78, 5) is 18.0. The van der Waals surface area contributed by atoms with E-state index >= 15 is 0 Å². The normalized spacial score (nSPS) is 11.4. The van der Waals surface area contributed by atoms with Crippen LogP contribution in [-0.2, 0) is 13.1 Å². The van der Waals surface area contributed by atoms with Crippen LogP contribution in [0.2, 0.25) is 5.02 Å². The van der Waals surface area contributed by atoms with Crippen molar-refractivity contribution in [2.24, 2.45) is 4.99 Å². The number of benzene rings is 1. The number of guanidine groups is 1. The van der Waals surface area contributed by atoms with E-state index in [1.54, 1.807) is 23.7 Å². The Labute approximate surface area is 154 Å². The van der Waals surface area contributed by atoms with Crippen molar-refractivity contribution >= 4 is 17.6 Å². The van der Waals surface area contributed by atoms with Gasteiger partial charge < -0.3 is 14.8 Å². The van der Waals surface area contributed by atoms with Gasteiger partial charge in [0.1, 0.15) is 0 Å². The minimum absolute atomic E-state index is 0.0486. The molecule has 1 heterocycles. The number of halogens is 1. The molecule has 6 heteroatoms. The first-order valence-corrected chi connectivity index (χ1v) is 8.79. The average molecular weight is 361 g/mol. The number of pyridine rings is 1. The summed E-state index contributed by atoms with van der Waals surface area (Å²) in [7, 11) is 3.78. The Bertz CT molecular complexity index is 757. The van der Waals surface area contributed by atoms with Crippen molar-refractivity contribution < 1.29 is 0 Å². The molecule has 0 radical (unpaired) electrons. The molecule has 0 aliphatic rings. The Balaban J connectivity index is 1.74. The molecule has 0 aliphatic heterocycles. The lowest BCUT2D eigenvalue weighted by Crippen LogP contribution is -2.38. The average Bonchev–Trinajstić information content (AvgIpc) is 2.59. The number of unbranched alkanes of at least 4 members (excludes halogenated alkanes) is 1. The zero-order valence-corrected chi connectivity index (χ0v) is 15.5. The summed E-state index contributed by atoms with van der Waals surface area (Å²) in [6.07, 6.45) is 3.73. The minimum atomic E-state index is 0.0486. The van der Waals surface area contributed by atoms with Crippen molar-refractivity contribution in [1.82, 2.24) is 14.8 Å². The zero-order valence-electron chi connectivity index (χ0n) is 14.8. The number of rotatable bonds is 7. The fourth-order valence-corrected chi connectivity index (χ4v) is 2.83. The van der Waals surface area contributed by atoms with E-state index in [0.717, 1.165) is 49.0 Å². The van der Waals surface area contributed by atoms with Crippen molar-refractivity contribution in [3.8, 4) is 0 Å². The third-order valence-corrected chi connectivity index (χ3v) is 4.13. The molecule has 0 atom stereocenters. The molecule has 0 spiro atoms. The van der Waals surface area contributed by atoms with Gasteiger partial charge in [-0.05, 0) is 36.6 Å². The number of aryl methyl sites for hydroxylation is 1. The first-order chi connectivity index (χ1) is 12.1. The Morgan fingerprint density at radius 3 is 2.80 bits per heavy atom. The van der Waals surface area contributed by atoms with Gasteiger partial charge in [0.05, 0.1) is 0 Å². The van der Waals surface area contributed by atoms with Gasteiger partial charge in [-0.15, -0.1) is 0 Å². The van der Waals surface area contributed by atoms with Crippen LogP contribution in [0.4, 0.5) is 0 Å². The quantitative estimate of drug-likeness (QED) is 0.469. The first-order valence-electron chi connectivity index (χ1n) is 8.42. The van der Waals surface area contributed by atoms with E-state index in [9.17, 15) is 4.79 Å². The molecule has 0 aliphatic carbocycles. The number of nitrogens with zero attached hydrogens (tertiary/aromatic N) is 3. The van der Waals surface area contributed by atoms with E-state index in [4.69, 9.17) is 11.6 Å². The van der Waals surface area contributed by atoms with Crippen LogP contribution in [0.3, 0.4) is 0 Å². The summed E-state index contributed by atoms with van der Waals surface area (Å²) in [5.74, 6) is 0.844. The lowest BCUT2D eigenvalue weighted by atomic mass is 10.2. The van der Waals surface area contributed by atoms with Gasteiger partial charge in [0, 0.05) is 51.0 Å². The predicted molar refractivity (Wildman–Crippen MR) is 104 cm³/mol. The van der Waals surface area contributed by atoms with E-state index in [1.165, 1.54) is 0 Å². The second-order valence-corrected chi connectivity index (χ2v) is 6.34. The smallest absolute Gasteiger partial charge is 0.250 e. The van der Waals surface area contributed by atoms with Crippen LogP contribution >= 0.6 is 11.6 Å². The lowest BCUT2D eigenvalue weighted by molar-refractivity contribution is 0.473. The Morgan fingerprint density at radius 1 is 1.24 bits per heavy atom. The van der Waals surface area contributed by atoms with Crippen LogP contribution in [0.1, 0.15) is 18.4 Å². The van der Waals surface area contributed by atoms with Gasteiger partial charge in [-0.1, -0.05) is 29.8 Å². The van der Waals surface area contributed by atoms with Gasteiger partial charge in [-0.25, -0.2) is 0 Å². The molecule has 2 aromatic rings. The molecule has 0 unspecified atom stereocenters. The highest BCUT2D eigenvalue weighted by Crippen LogP contribution is 2.12. The van der Waals surface area contributed by atoms with Gasteiger partial charge >= 0.3 is 0 Å². The van der Waals surface area contributed by atoms with Crippen LogP contribution in [0.5, 0.6) is 0 Å². The fraction of sp³-hybridized carbons (Fsp3) is 0.368. The summed E-state index contributed by atoms with van der Waals surface area (Å²) in [6, 6.07) is 13.1.